The molecule has 3 aromatic heterocycles. The highest BCUT2D eigenvalue weighted by atomic mass is 16.2. The quantitative estimate of drug-likeness (QED) is 0.785. The summed E-state index contributed by atoms with van der Waals surface area (Å²) in [5.74, 6) is -0.0801. The van der Waals surface area contributed by atoms with E-state index in [1.807, 2.05) is 24.0 Å². The molecule has 4 rings (SSSR count). The normalized spacial score (nSPS) is 17.6. The molecule has 0 bridgehead atoms. The molecule has 7 heteroatoms. The molecule has 1 amide bonds. The van der Waals surface area contributed by atoms with Crippen LogP contribution in [-0.4, -0.2) is 36.9 Å². The minimum absolute atomic E-state index is 0.0801. The molecule has 4 heterocycles. The van der Waals surface area contributed by atoms with Crippen molar-refractivity contribution in [1.29, 1.82) is 0 Å². The Kier molecular flexibility index (Phi) is 4.28. The second-order valence-corrected chi connectivity index (χ2v) is 6.57. The standard InChI is InChI=1S/C19H21N5O2/c1-2-13-11-18(25)24-17(21-13)12-15(22-24)16-8-4-6-10-23(16)19(26)14-7-3-5-9-20-14/h3,5,7,9,11-12,16,22H,2,4,6,8,10H2,1H3. The summed E-state index contributed by atoms with van der Waals surface area (Å²) in [4.78, 5) is 35.8. The molecule has 0 spiro atoms. The molecule has 1 unspecified atom stereocenters. The van der Waals surface area contributed by atoms with Crippen molar-refractivity contribution in [1.82, 2.24) is 24.5 Å². The van der Waals surface area contributed by atoms with E-state index in [2.05, 4.69) is 15.1 Å². The molecule has 1 atom stereocenters. The van der Waals surface area contributed by atoms with E-state index in [0.717, 1.165) is 30.7 Å². The zero-order valence-electron chi connectivity index (χ0n) is 14.7. The molecular formula is C19H21N5O2. The fourth-order valence-corrected chi connectivity index (χ4v) is 3.55. The zero-order valence-corrected chi connectivity index (χ0v) is 14.7. The Balaban J connectivity index is 1.72. The van der Waals surface area contributed by atoms with Gasteiger partial charge in [-0.05, 0) is 37.8 Å². The average Bonchev–Trinajstić information content (AvgIpc) is 3.12. The van der Waals surface area contributed by atoms with Crippen molar-refractivity contribution in [3.63, 3.8) is 0 Å². The number of fused-ring (bicyclic) bond motifs is 1. The van der Waals surface area contributed by atoms with Crippen LogP contribution in [0.25, 0.3) is 5.65 Å². The minimum atomic E-state index is -0.128. The van der Waals surface area contributed by atoms with Crippen LogP contribution in [0.1, 0.15) is 54.1 Å². The van der Waals surface area contributed by atoms with Gasteiger partial charge in [-0.2, -0.15) is 0 Å². The molecule has 1 fully saturated rings. The molecule has 1 saturated heterocycles. The van der Waals surface area contributed by atoms with Gasteiger partial charge in [0.25, 0.3) is 11.5 Å². The predicted octanol–water partition coefficient (Wildman–Crippen LogP) is 2.35. The van der Waals surface area contributed by atoms with Crippen LogP contribution in [0.15, 0.2) is 41.3 Å². The van der Waals surface area contributed by atoms with Gasteiger partial charge in [0.2, 0.25) is 0 Å². The number of aromatic nitrogens is 4. The van der Waals surface area contributed by atoms with Crippen molar-refractivity contribution in [3.8, 4) is 0 Å². The SMILES string of the molecule is CCc1cc(=O)n2[nH]c(C3CCCCN3C(=O)c3ccccn3)cc2n1. The van der Waals surface area contributed by atoms with Crippen LogP contribution in [0, 0.1) is 0 Å². The number of nitrogens with one attached hydrogen (secondary N) is 1. The van der Waals surface area contributed by atoms with E-state index in [9.17, 15) is 9.59 Å². The van der Waals surface area contributed by atoms with Crippen molar-refractivity contribution in [2.75, 3.05) is 6.54 Å². The van der Waals surface area contributed by atoms with E-state index >= 15 is 0 Å². The average molecular weight is 351 g/mol. The smallest absolute Gasteiger partial charge is 0.273 e. The molecule has 3 aromatic rings. The van der Waals surface area contributed by atoms with Gasteiger partial charge in [0.15, 0.2) is 5.65 Å². The maximum absolute atomic E-state index is 12.9. The molecule has 0 saturated carbocycles. The van der Waals surface area contributed by atoms with Crippen molar-refractivity contribution in [2.24, 2.45) is 0 Å². The van der Waals surface area contributed by atoms with Gasteiger partial charge in [0.05, 0.1) is 11.7 Å². The Bertz CT molecular complexity index is 992. The van der Waals surface area contributed by atoms with Crippen LogP contribution in [-0.2, 0) is 6.42 Å². The number of carbonyl (C=O) groups is 1. The zero-order chi connectivity index (χ0) is 18.1. The van der Waals surface area contributed by atoms with Crippen molar-refractivity contribution in [3.05, 3.63) is 64.0 Å². The number of pyridine rings is 1. The lowest BCUT2D eigenvalue weighted by Gasteiger charge is -2.34. The molecule has 1 N–H and O–H groups in total. The summed E-state index contributed by atoms with van der Waals surface area (Å²) in [7, 11) is 0. The van der Waals surface area contributed by atoms with Gasteiger partial charge in [-0.15, -0.1) is 0 Å². The van der Waals surface area contributed by atoms with E-state index in [1.165, 1.54) is 4.52 Å². The third-order valence-corrected chi connectivity index (χ3v) is 4.89. The topological polar surface area (TPSA) is 83.4 Å². The summed E-state index contributed by atoms with van der Waals surface area (Å²) < 4.78 is 1.45. The Morgan fingerprint density at radius 1 is 1.31 bits per heavy atom. The molecule has 0 aliphatic carbocycles. The van der Waals surface area contributed by atoms with Crippen molar-refractivity contribution >= 4 is 11.6 Å². The molecule has 134 valence electrons. The largest absolute Gasteiger partial charge is 0.329 e. The number of amides is 1. The van der Waals surface area contributed by atoms with Crippen LogP contribution in [0.2, 0.25) is 0 Å². The van der Waals surface area contributed by atoms with E-state index in [-0.39, 0.29) is 17.5 Å². The lowest BCUT2D eigenvalue weighted by atomic mass is 9.99. The van der Waals surface area contributed by atoms with Gasteiger partial charge in [-0.1, -0.05) is 13.0 Å². The van der Waals surface area contributed by atoms with Crippen molar-refractivity contribution in [2.45, 2.75) is 38.6 Å². The lowest BCUT2D eigenvalue weighted by molar-refractivity contribution is 0.0599. The number of carbonyl (C=O) groups excluding carboxylic acids is 1. The molecule has 1 aliphatic heterocycles. The van der Waals surface area contributed by atoms with Gasteiger partial charge in [0, 0.05) is 30.6 Å². The maximum Gasteiger partial charge on any atom is 0.273 e. The van der Waals surface area contributed by atoms with Crippen molar-refractivity contribution < 1.29 is 4.79 Å². The van der Waals surface area contributed by atoms with Crippen LogP contribution in [0.3, 0.4) is 0 Å². The second-order valence-electron chi connectivity index (χ2n) is 6.57. The molecule has 7 nitrogen and oxygen atoms in total. The summed E-state index contributed by atoms with van der Waals surface area (Å²) in [5.41, 5.74) is 2.52. The maximum atomic E-state index is 12.9. The summed E-state index contributed by atoms with van der Waals surface area (Å²) in [5, 5.41) is 3.15. The third-order valence-electron chi connectivity index (χ3n) is 4.89. The minimum Gasteiger partial charge on any atom is -0.329 e. The van der Waals surface area contributed by atoms with Gasteiger partial charge < -0.3 is 4.90 Å². The third kappa shape index (κ3) is 2.89. The Morgan fingerprint density at radius 2 is 2.19 bits per heavy atom. The van der Waals surface area contributed by atoms with E-state index in [0.29, 0.717) is 24.3 Å². The second kappa shape index (κ2) is 6.74. The molecular weight excluding hydrogens is 330 g/mol. The summed E-state index contributed by atoms with van der Waals surface area (Å²) in [6.07, 6.45) is 5.19. The number of likely N-dealkylation sites (tertiary alicyclic amines) is 1. The monoisotopic (exact) mass is 351 g/mol. The molecule has 1 aliphatic rings. The highest BCUT2D eigenvalue weighted by Crippen LogP contribution is 2.31. The first-order valence-electron chi connectivity index (χ1n) is 9.01. The number of aryl methyl sites for hydroxylation is 1. The van der Waals surface area contributed by atoms with E-state index < -0.39 is 0 Å². The van der Waals surface area contributed by atoms with Crippen LogP contribution in [0.5, 0.6) is 0 Å². The van der Waals surface area contributed by atoms with Gasteiger partial charge in [0.1, 0.15) is 5.69 Å². The number of piperidine rings is 1. The fourth-order valence-electron chi connectivity index (χ4n) is 3.55. The van der Waals surface area contributed by atoms with Gasteiger partial charge in [-0.25, -0.2) is 9.50 Å². The number of nitrogens with zero attached hydrogens (tertiary/aromatic N) is 4. The summed E-state index contributed by atoms with van der Waals surface area (Å²) in [6.45, 7) is 2.65. The van der Waals surface area contributed by atoms with Gasteiger partial charge >= 0.3 is 0 Å². The van der Waals surface area contributed by atoms with E-state index in [4.69, 9.17) is 0 Å². The van der Waals surface area contributed by atoms with Crippen LogP contribution in [0.4, 0.5) is 0 Å². The lowest BCUT2D eigenvalue weighted by Crippen LogP contribution is -2.39. The number of hydrogen-bond acceptors (Lipinski definition) is 4. The Hall–Kier alpha value is -2.96. The molecule has 0 radical (unpaired) electrons. The number of aromatic amines is 1. The first kappa shape index (κ1) is 16.5. The van der Waals surface area contributed by atoms with Crippen LogP contribution >= 0.6 is 0 Å². The Labute approximate surface area is 150 Å². The number of hydrogen-bond donors (Lipinski definition) is 1. The molecule has 0 aromatic carbocycles. The van der Waals surface area contributed by atoms with Crippen LogP contribution < -0.4 is 5.56 Å². The van der Waals surface area contributed by atoms with Gasteiger partial charge in [-0.3, -0.25) is 19.7 Å². The molecule has 26 heavy (non-hydrogen) atoms. The number of rotatable bonds is 3. The van der Waals surface area contributed by atoms with E-state index in [1.54, 1.807) is 24.4 Å². The highest BCUT2D eigenvalue weighted by molar-refractivity contribution is 5.92. The first-order valence-corrected chi connectivity index (χ1v) is 9.01. The number of H-pyrrole nitrogens is 1. The predicted molar refractivity (Wildman–Crippen MR) is 97.1 cm³/mol. The first-order chi connectivity index (χ1) is 12.7. The summed E-state index contributed by atoms with van der Waals surface area (Å²) in [6, 6.07) is 8.67. The Morgan fingerprint density at radius 3 is 2.96 bits per heavy atom. The highest BCUT2D eigenvalue weighted by Gasteiger charge is 2.30. The summed E-state index contributed by atoms with van der Waals surface area (Å²) >= 11 is 0. The fraction of sp³-hybridized carbons (Fsp3) is 0.368.